The zero-order valence-corrected chi connectivity index (χ0v) is 17.4. The van der Waals surface area contributed by atoms with E-state index in [1.54, 1.807) is 42.5 Å². The lowest BCUT2D eigenvalue weighted by Crippen LogP contribution is -2.40. The van der Waals surface area contributed by atoms with Gasteiger partial charge < -0.3 is 14.0 Å². The molecule has 9 nitrogen and oxygen atoms in total. The van der Waals surface area contributed by atoms with Crippen molar-refractivity contribution in [1.82, 2.24) is 19.3 Å². The summed E-state index contributed by atoms with van der Waals surface area (Å²) < 4.78 is 18.4. The van der Waals surface area contributed by atoms with E-state index in [1.807, 2.05) is 0 Å². The molecule has 4 rings (SSSR count). The second-order valence-corrected chi connectivity index (χ2v) is 6.88. The van der Waals surface area contributed by atoms with E-state index >= 15 is 0 Å². The molecule has 4 aromatic rings. The van der Waals surface area contributed by atoms with Crippen LogP contribution in [0.5, 0.6) is 11.5 Å². The Hall–Kier alpha value is -3.85. The summed E-state index contributed by atoms with van der Waals surface area (Å²) in [6.07, 6.45) is 2.96. The summed E-state index contributed by atoms with van der Waals surface area (Å²) in [5.74, 6) is 1.40. The van der Waals surface area contributed by atoms with Gasteiger partial charge in [0.25, 0.3) is 0 Å². The van der Waals surface area contributed by atoms with Crippen LogP contribution in [0.1, 0.15) is 5.89 Å². The Kier molecular flexibility index (Phi) is 5.59. The van der Waals surface area contributed by atoms with Gasteiger partial charge in [0.15, 0.2) is 11.5 Å². The van der Waals surface area contributed by atoms with Gasteiger partial charge in [-0.2, -0.15) is 4.98 Å². The molecule has 0 aliphatic carbocycles. The van der Waals surface area contributed by atoms with Gasteiger partial charge in [0.1, 0.15) is 6.54 Å². The van der Waals surface area contributed by atoms with E-state index < -0.39 is 11.1 Å². The van der Waals surface area contributed by atoms with E-state index in [-0.39, 0.29) is 18.3 Å². The second kappa shape index (κ2) is 8.49. The minimum absolute atomic E-state index is 0.0657. The van der Waals surface area contributed by atoms with E-state index in [4.69, 9.17) is 25.6 Å². The van der Waals surface area contributed by atoms with Gasteiger partial charge in [-0.15, -0.1) is 0 Å². The van der Waals surface area contributed by atoms with E-state index in [0.29, 0.717) is 27.8 Å². The number of para-hydroxylation sites is 1. The van der Waals surface area contributed by atoms with Crippen molar-refractivity contribution in [2.75, 3.05) is 14.2 Å². The Morgan fingerprint density at radius 1 is 1.03 bits per heavy atom. The van der Waals surface area contributed by atoms with E-state index in [2.05, 4.69) is 10.1 Å². The molecule has 158 valence electrons. The van der Waals surface area contributed by atoms with Crippen LogP contribution in [0.25, 0.3) is 17.1 Å². The normalized spacial score (nSPS) is 10.8. The van der Waals surface area contributed by atoms with Crippen molar-refractivity contribution < 1.29 is 14.0 Å². The number of aromatic nitrogens is 4. The summed E-state index contributed by atoms with van der Waals surface area (Å²) in [7, 11) is 3.04. The predicted octanol–water partition coefficient (Wildman–Crippen LogP) is 2.77. The molecular weight excluding hydrogens is 424 g/mol. The predicted molar refractivity (Wildman–Crippen MR) is 113 cm³/mol. The fourth-order valence-electron chi connectivity index (χ4n) is 3.10. The zero-order valence-electron chi connectivity index (χ0n) is 16.6. The highest BCUT2D eigenvalue weighted by Crippen LogP contribution is 2.36. The standard InChI is InChI=1S/C21H17ClN4O5/c1-29-16-8-4-7-15(18(16)30-2)19-23-17(31-24-19)12-25-9-10-26(21(28)20(25)27)14-6-3-5-13(22)11-14/h3-11H,12H2,1-2H3. The van der Waals surface area contributed by atoms with Crippen LogP contribution in [0.2, 0.25) is 5.02 Å². The largest absolute Gasteiger partial charge is 0.493 e. The first kappa shape index (κ1) is 20.4. The molecule has 0 unspecified atom stereocenters. The number of halogens is 1. The third-order valence-corrected chi connectivity index (χ3v) is 4.80. The molecule has 2 aromatic heterocycles. The maximum atomic E-state index is 12.6. The number of hydrogen-bond donors (Lipinski definition) is 0. The molecule has 10 heteroatoms. The molecule has 31 heavy (non-hydrogen) atoms. The number of rotatable bonds is 6. The lowest BCUT2D eigenvalue weighted by Gasteiger charge is -2.09. The van der Waals surface area contributed by atoms with Crippen molar-refractivity contribution in [2.24, 2.45) is 0 Å². The Bertz CT molecular complexity index is 1360. The van der Waals surface area contributed by atoms with Crippen molar-refractivity contribution in [2.45, 2.75) is 6.54 Å². The minimum atomic E-state index is -0.735. The molecular formula is C21H17ClN4O5. The van der Waals surface area contributed by atoms with Crippen LogP contribution >= 0.6 is 11.6 Å². The number of ether oxygens (including phenoxy) is 2. The van der Waals surface area contributed by atoms with Crippen LogP contribution in [0, 0.1) is 0 Å². The summed E-state index contributed by atoms with van der Waals surface area (Å²) in [5.41, 5.74) is -0.396. The average Bonchev–Trinajstić information content (AvgIpc) is 3.24. The van der Waals surface area contributed by atoms with Crippen LogP contribution in [0.15, 0.2) is 69.0 Å². The van der Waals surface area contributed by atoms with Gasteiger partial charge in [0, 0.05) is 17.4 Å². The first-order valence-electron chi connectivity index (χ1n) is 9.14. The van der Waals surface area contributed by atoms with Crippen molar-refractivity contribution >= 4 is 11.6 Å². The summed E-state index contributed by atoms with van der Waals surface area (Å²) >= 11 is 5.98. The third kappa shape index (κ3) is 3.95. The number of benzene rings is 2. The zero-order chi connectivity index (χ0) is 22.0. The Labute approximate surface area is 181 Å². The molecule has 0 bridgehead atoms. The molecule has 0 saturated heterocycles. The summed E-state index contributed by atoms with van der Waals surface area (Å²) in [6, 6.07) is 11.9. The lowest BCUT2D eigenvalue weighted by atomic mass is 10.1. The second-order valence-electron chi connectivity index (χ2n) is 6.44. The summed E-state index contributed by atoms with van der Waals surface area (Å²) in [6.45, 7) is -0.0657. The van der Waals surface area contributed by atoms with E-state index in [1.165, 1.54) is 35.7 Å². The van der Waals surface area contributed by atoms with Gasteiger partial charge in [-0.05, 0) is 30.3 Å². The molecule has 2 aromatic carbocycles. The van der Waals surface area contributed by atoms with Crippen LogP contribution in [-0.2, 0) is 6.54 Å². The molecule has 0 spiro atoms. The molecule has 0 fully saturated rings. The topological polar surface area (TPSA) is 101 Å². The van der Waals surface area contributed by atoms with Gasteiger partial charge in [-0.1, -0.05) is 28.9 Å². The first-order chi connectivity index (χ1) is 15.0. The Balaban J connectivity index is 1.65. The molecule has 0 atom stereocenters. The Morgan fingerprint density at radius 2 is 1.84 bits per heavy atom. The molecule has 0 saturated carbocycles. The highest BCUT2D eigenvalue weighted by Gasteiger charge is 2.17. The van der Waals surface area contributed by atoms with E-state index in [9.17, 15) is 9.59 Å². The van der Waals surface area contributed by atoms with Gasteiger partial charge in [0.05, 0.1) is 25.5 Å². The highest BCUT2D eigenvalue weighted by atomic mass is 35.5. The quantitative estimate of drug-likeness (QED) is 0.425. The van der Waals surface area contributed by atoms with Crippen molar-refractivity contribution in [3.8, 4) is 28.6 Å². The van der Waals surface area contributed by atoms with Crippen molar-refractivity contribution in [3.63, 3.8) is 0 Å². The Morgan fingerprint density at radius 3 is 2.58 bits per heavy atom. The minimum Gasteiger partial charge on any atom is -0.493 e. The monoisotopic (exact) mass is 440 g/mol. The number of methoxy groups -OCH3 is 2. The van der Waals surface area contributed by atoms with Gasteiger partial charge in [-0.25, -0.2) is 0 Å². The molecule has 0 radical (unpaired) electrons. The maximum Gasteiger partial charge on any atom is 0.320 e. The first-order valence-corrected chi connectivity index (χ1v) is 9.51. The fraction of sp³-hybridized carbons (Fsp3) is 0.143. The SMILES string of the molecule is COc1cccc(-c2noc(Cn3ccn(-c4cccc(Cl)c4)c(=O)c3=O)n2)c1OC. The van der Waals surface area contributed by atoms with Crippen molar-refractivity contribution in [3.05, 3.63) is 86.5 Å². The maximum absolute atomic E-state index is 12.6. The lowest BCUT2D eigenvalue weighted by molar-refractivity contribution is 0.354. The molecule has 0 aliphatic rings. The van der Waals surface area contributed by atoms with Crippen LogP contribution < -0.4 is 20.6 Å². The highest BCUT2D eigenvalue weighted by molar-refractivity contribution is 6.30. The number of hydrogen-bond acceptors (Lipinski definition) is 7. The van der Waals surface area contributed by atoms with Crippen LogP contribution in [0.4, 0.5) is 0 Å². The molecule has 0 N–H and O–H groups in total. The molecule has 2 heterocycles. The average molecular weight is 441 g/mol. The fourth-order valence-corrected chi connectivity index (χ4v) is 3.28. The summed E-state index contributed by atoms with van der Waals surface area (Å²) in [4.78, 5) is 29.5. The van der Waals surface area contributed by atoms with Gasteiger partial charge >= 0.3 is 11.1 Å². The van der Waals surface area contributed by atoms with Crippen molar-refractivity contribution in [1.29, 1.82) is 0 Å². The smallest absolute Gasteiger partial charge is 0.320 e. The van der Waals surface area contributed by atoms with Crippen LogP contribution in [0.3, 0.4) is 0 Å². The molecule has 0 aliphatic heterocycles. The van der Waals surface area contributed by atoms with Gasteiger partial charge in [0.2, 0.25) is 11.7 Å². The van der Waals surface area contributed by atoms with E-state index in [0.717, 1.165) is 0 Å². The van der Waals surface area contributed by atoms with Crippen LogP contribution in [-0.4, -0.2) is 33.5 Å². The molecule has 0 amide bonds. The van der Waals surface area contributed by atoms with Gasteiger partial charge in [-0.3, -0.25) is 18.7 Å². The number of nitrogens with zero attached hydrogens (tertiary/aromatic N) is 4. The summed E-state index contributed by atoms with van der Waals surface area (Å²) in [5, 5.41) is 4.42. The third-order valence-electron chi connectivity index (χ3n) is 4.56.